The summed E-state index contributed by atoms with van der Waals surface area (Å²) in [6, 6.07) is 5.77. The molecule has 0 aliphatic heterocycles. The van der Waals surface area contributed by atoms with Gasteiger partial charge in [0.2, 0.25) is 6.17 Å². The third kappa shape index (κ3) is 2.81. The molecular formula is C12H15F5OSi. The van der Waals surface area contributed by atoms with Gasteiger partial charge in [-0.3, -0.25) is 0 Å². The Labute approximate surface area is 109 Å². The van der Waals surface area contributed by atoms with Gasteiger partial charge in [-0.1, -0.05) is 30.3 Å². The second kappa shape index (κ2) is 5.20. The molecule has 1 unspecified atom stereocenters. The van der Waals surface area contributed by atoms with Gasteiger partial charge in [-0.25, -0.2) is 13.2 Å². The number of rotatable bonds is 5. The average Bonchev–Trinajstić information content (AvgIpc) is 2.38. The minimum absolute atomic E-state index is 0.775. The summed E-state index contributed by atoms with van der Waals surface area (Å²) in [5.74, 6) is -4.27. The fourth-order valence-corrected chi connectivity index (χ4v) is 2.54. The highest BCUT2D eigenvalue weighted by Gasteiger charge is 2.65. The third-order valence-electron chi connectivity index (χ3n) is 3.11. The van der Waals surface area contributed by atoms with Crippen LogP contribution in [0.25, 0.3) is 0 Å². The fourth-order valence-electron chi connectivity index (χ4n) is 1.48. The Hall–Kier alpha value is -0.953. The quantitative estimate of drug-likeness (QED) is 0.586. The van der Waals surface area contributed by atoms with Crippen LogP contribution in [0.2, 0.25) is 13.1 Å². The van der Waals surface area contributed by atoms with Gasteiger partial charge in [-0.15, -0.1) is 0 Å². The fraction of sp³-hybridized carbons (Fsp3) is 0.500. The number of hydrogen-bond acceptors (Lipinski definition) is 1. The van der Waals surface area contributed by atoms with E-state index >= 15 is 0 Å². The van der Waals surface area contributed by atoms with Crippen LogP contribution >= 0.6 is 0 Å². The Balaban J connectivity index is 3.15. The summed E-state index contributed by atoms with van der Waals surface area (Å²) in [6.07, 6.45) is -3.62. The smallest absolute Gasteiger partial charge is 0.309 e. The van der Waals surface area contributed by atoms with Crippen molar-refractivity contribution in [2.45, 2.75) is 30.7 Å². The minimum Gasteiger partial charge on any atom is -0.414 e. The predicted molar refractivity (Wildman–Crippen MR) is 64.7 cm³/mol. The summed E-state index contributed by atoms with van der Waals surface area (Å²) in [5, 5.41) is 0. The van der Waals surface area contributed by atoms with Crippen LogP contribution in [0.5, 0.6) is 0 Å². The van der Waals surface area contributed by atoms with Crippen LogP contribution in [0.3, 0.4) is 0 Å². The lowest BCUT2D eigenvalue weighted by atomic mass is 10.0. The van der Waals surface area contributed by atoms with Gasteiger partial charge in [0.25, 0.3) is 13.9 Å². The molecule has 0 saturated heterocycles. The highest BCUT2D eigenvalue weighted by molar-refractivity contribution is 6.73. The van der Waals surface area contributed by atoms with Crippen molar-refractivity contribution >= 4 is 8.32 Å². The second-order valence-corrected chi connectivity index (χ2v) is 8.78. The molecule has 0 aromatic heterocycles. The summed E-state index contributed by atoms with van der Waals surface area (Å²) >= 11 is 0. The maximum atomic E-state index is 13.9. The van der Waals surface area contributed by atoms with Crippen LogP contribution in [0, 0.1) is 0 Å². The van der Waals surface area contributed by atoms with Gasteiger partial charge in [0.15, 0.2) is 0 Å². The van der Waals surface area contributed by atoms with Crippen molar-refractivity contribution in [2.75, 3.05) is 7.11 Å². The van der Waals surface area contributed by atoms with Crippen LogP contribution in [-0.4, -0.2) is 27.1 Å². The highest BCUT2D eigenvalue weighted by Crippen LogP contribution is 2.45. The van der Waals surface area contributed by atoms with Gasteiger partial charge in [0.05, 0.1) is 0 Å². The maximum Gasteiger partial charge on any atom is 0.309 e. The lowest BCUT2D eigenvalue weighted by molar-refractivity contribution is -0.159. The summed E-state index contributed by atoms with van der Waals surface area (Å²) in [5.41, 5.74) is -4.98. The molecule has 0 fully saturated rings. The van der Waals surface area contributed by atoms with Gasteiger partial charge in [-0.2, -0.15) is 8.78 Å². The maximum absolute atomic E-state index is 13.9. The van der Waals surface area contributed by atoms with E-state index in [4.69, 9.17) is 0 Å². The van der Waals surface area contributed by atoms with Crippen molar-refractivity contribution in [3.05, 3.63) is 35.9 Å². The van der Waals surface area contributed by atoms with Crippen LogP contribution in [0.1, 0.15) is 5.56 Å². The van der Waals surface area contributed by atoms with Crippen molar-refractivity contribution in [3.8, 4) is 0 Å². The van der Waals surface area contributed by atoms with Crippen LogP contribution in [-0.2, 0) is 10.3 Å². The van der Waals surface area contributed by atoms with Crippen LogP contribution in [0.15, 0.2) is 30.3 Å². The first kappa shape index (κ1) is 16.1. The molecule has 0 N–H and O–H groups in total. The van der Waals surface area contributed by atoms with E-state index in [0.717, 1.165) is 32.3 Å². The van der Waals surface area contributed by atoms with Gasteiger partial charge >= 0.3 is 5.92 Å². The first-order valence-corrected chi connectivity index (χ1v) is 8.48. The second-order valence-electron chi connectivity index (χ2n) is 4.69. The molecule has 0 heterocycles. The van der Waals surface area contributed by atoms with E-state index in [2.05, 4.69) is 4.43 Å². The van der Waals surface area contributed by atoms with E-state index in [1.54, 1.807) is 0 Å². The zero-order valence-electron chi connectivity index (χ0n) is 10.8. The number of alkyl halides is 5. The molecule has 0 aliphatic rings. The van der Waals surface area contributed by atoms with Gasteiger partial charge in [0.1, 0.15) is 0 Å². The lowest BCUT2D eigenvalue weighted by Gasteiger charge is -2.35. The monoisotopic (exact) mass is 298 g/mol. The number of halogens is 5. The molecular weight excluding hydrogens is 283 g/mol. The lowest BCUT2D eigenvalue weighted by Crippen LogP contribution is -2.59. The topological polar surface area (TPSA) is 9.23 Å². The molecule has 108 valence electrons. The van der Waals surface area contributed by atoms with E-state index in [1.807, 2.05) is 0 Å². The highest BCUT2D eigenvalue weighted by atomic mass is 28.4. The zero-order chi connectivity index (χ0) is 14.9. The van der Waals surface area contributed by atoms with Crippen molar-refractivity contribution in [1.82, 2.24) is 0 Å². The van der Waals surface area contributed by atoms with Gasteiger partial charge in [0, 0.05) is 12.7 Å². The van der Waals surface area contributed by atoms with E-state index < -0.39 is 31.5 Å². The zero-order valence-corrected chi connectivity index (χ0v) is 11.8. The van der Waals surface area contributed by atoms with Crippen molar-refractivity contribution in [2.24, 2.45) is 0 Å². The molecule has 7 heteroatoms. The van der Waals surface area contributed by atoms with Crippen LogP contribution < -0.4 is 0 Å². The molecule has 0 bridgehead atoms. The molecule has 0 amide bonds. The Kier molecular flexibility index (Phi) is 4.41. The van der Waals surface area contributed by atoms with E-state index in [9.17, 15) is 22.0 Å². The predicted octanol–water partition coefficient (Wildman–Crippen LogP) is 4.14. The first-order valence-electron chi connectivity index (χ1n) is 5.57. The third-order valence-corrected chi connectivity index (χ3v) is 5.99. The molecule has 19 heavy (non-hydrogen) atoms. The molecule has 0 aliphatic carbocycles. The largest absolute Gasteiger partial charge is 0.414 e. The van der Waals surface area contributed by atoms with Gasteiger partial charge in [-0.05, 0) is 13.1 Å². The summed E-state index contributed by atoms with van der Waals surface area (Å²) in [6.45, 7) is 2.00. The standard InChI is InChI=1S/C12H15F5OSi/c1-18-19(2,3)12(16,17)10(13)11(14,15)9-7-5-4-6-8-9/h4-8,10H,1-3H3. The van der Waals surface area contributed by atoms with Crippen molar-refractivity contribution < 1.29 is 26.4 Å². The Morgan fingerprint density at radius 1 is 1.05 bits per heavy atom. The minimum atomic E-state index is -4.27. The molecule has 1 atom stereocenters. The average molecular weight is 298 g/mol. The summed E-state index contributed by atoms with van der Waals surface area (Å²) < 4.78 is 73.7. The summed E-state index contributed by atoms with van der Waals surface area (Å²) in [4.78, 5) is 0. The molecule has 1 aromatic rings. The molecule has 1 aromatic carbocycles. The molecule has 0 radical (unpaired) electrons. The molecule has 0 spiro atoms. The first-order chi connectivity index (χ1) is 8.57. The van der Waals surface area contributed by atoms with E-state index in [1.165, 1.54) is 18.2 Å². The van der Waals surface area contributed by atoms with Crippen molar-refractivity contribution in [1.29, 1.82) is 0 Å². The summed E-state index contributed by atoms with van der Waals surface area (Å²) in [7, 11) is -2.92. The Bertz CT molecular complexity index is 421. The normalized spacial score (nSPS) is 15.4. The molecule has 0 saturated carbocycles. The van der Waals surface area contributed by atoms with Crippen LogP contribution in [0.4, 0.5) is 22.0 Å². The molecule has 1 nitrogen and oxygen atoms in total. The number of hydrogen-bond donors (Lipinski definition) is 0. The van der Waals surface area contributed by atoms with Gasteiger partial charge < -0.3 is 4.43 Å². The van der Waals surface area contributed by atoms with Crippen molar-refractivity contribution in [3.63, 3.8) is 0 Å². The Morgan fingerprint density at radius 3 is 1.95 bits per heavy atom. The Morgan fingerprint density at radius 2 is 1.53 bits per heavy atom. The van der Waals surface area contributed by atoms with E-state index in [0.29, 0.717) is 0 Å². The van der Waals surface area contributed by atoms with E-state index in [-0.39, 0.29) is 0 Å². The number of benzene rings is 1. The SMILES string of the molecule is CO[Si](C)(C)C(F)(F)C(F)C(F)(F)c1ccccc1. The molecule has 1 rings (SSSR count).